The Bertz CT molecular complexity index is 464. The summed E-state index contributed by atoms with van der Waals surface area (Å²) in [6.07, 6.45) is 4.92. The fourth-order valence-corrected chi connectivity index (χ4v) is 2.99. The van der Waals surface area contributed by atoms with Crippen LogP contribution in [0.25, 0.3) is 0 Å². The van der Waals surface area contributed by atoms with Gasteiger partial charge in [0.1, 0.15) is 11.3 Å². The molecular formula is C14H21ClN2O2. The molecule has 19 heavy (non-hydrogen) atoms. The van der Waals surface area contributed by atoms with E-state index in [1.807, 2.05) is 0 Å². The summed E-state index contributed by atoms with van der Waals surface area (Å²) in [6, 6.07) is 0. The minimum Gasteiger partial charge on any atom is -0.370 e. The zero-order valence-corrected chi connectivity index (χ0v) is 12.8. The zero-order chi connectivity index (χ0) is 14.3. The molecule has 0 atom stereocenters. The van der Waals surface area contributed by atoms with E-state index in [-0.39, 0.29) is 11.2 Å². The van der Waals surface area contributed by atoms with Gasteiger partial charge in [-0.15, -0.1) is 0 Å². The molecule has 0 N–H and O–H groups in total. The number of Topliss-reactive ketones (excluding diaryl/α,β-unsaturated/α-hetero) is 1. The van der Waals surface area contributed by atoms with Gasteiger partial charge in [-0.25, -0.2) is 0 Å². The second kappa shape index (κ2) is 4.91. The summed E-state index contributed by atoms with van der Waals surface area (Å²) in [5.74, 6) is -0.0458. The van der Waals surface area contributed by atoms with Crippen LogP contribution in [-0.4, -0.2) is 28.3 Å². The van der Waals surface area contributed by atoms with Crippen LogP contribution in [0.4, 0.5) is 0 Å². The van der Waals surface area contributed by atoms with Crippen molar-refractivity contribution in [3.63, 3.8) is 0 Å². The highest BCUT2D eigenvalue weighted by Gasteiger charge is 2.45. The number of ether oxygens (including phenoxy) is 1. The Morgan fingerprint density at radius 2 is 1.95 bits per heavy atom. The lowest BCUT2D eigenvalue weighted by Gasteiger charge is -2.41. The number of aromatic nitrogens is 2. The van der Waals surface area contributed by atoms with Crippen molar-refractivity contribution in [2.45, 2.75) is 45.1 Å². The molecule has 0 saturated heterocycles. The van der Waals surface area contributed by atoms with Gasteiger partial charge >= 0.3 is 0 Å². The Morgan fingerprint density at radius 1 is 1.37 bits per heavy atom. The third kappa shape index (κ3) is 2.56. The molecule has 1 aromatic heterocycles. The number of methoxy groups -OCH3 is 1. The maximum absolute atomic E-state index is 12.8. The molecule has 0 bridgehead atoms. The largest absolute Gasteiger partial charge is 0.370 e. The van der Waals surface area contributed by atoms with E-state index in [1.165, 1.54) is 10.9 Å². The van der Waals surface area contributed by atoms with Gasteiger partial charge in [-0.05, 0) is 31.1 Å². The highest BCUT2D eigenvalue weighted by Crippen LogP contribution is 2.43. The fourth-order valence-electron chi connectivity index (χ4n) is 2.74. The van der Waals surface area contributed by atoms with E-state index in [0.29, 0.717) is 10.7 Å². The molecule has 1 aliphatic rings. The van der Waals surface area contributed by atoms with E-state index in [9.17, 15) is 4.79 Å². The van der Waals surface area contributed by atoms with Gasteiger partial charge in [0.25, 0.3) is 0 Å². The first-order chi connectivity index (χ1) is 8.81. The molecular weight excluding hydrogens is 264 g/mol. The molecule has 0 radical (unpaired) electrons. The molecule has 1 heterocycles. The predicted molar refractivity (Wildman–Crippen MR) is 74.5 cm³/mol. The Balaban J connectivity index is 2.31. The quantitative estimate of drug-likeness (QED) is 0.801. The van der Waals surface area contributed by atoms with Gasteiger partial charge in [-0.1, -0.05) is 25.4 Å². The molecule has 0 unspecified atom stereocenters. The van der Waals surface area contributed by atoms with E-state index >= 15 is 0 Å². The van der Waals surface area contributed by atoms with Gasteiger partial charge in [0.2, 0.25) is 5.78 Å². The Labute approximate surface area is 119 Å². The maximum Gasteiger partial charge on any atom is 0.214 e. The van der Waals surface area contributed by atoms with Gasteiger partial charge < -0.3 is 4.74 Å². The van der Waals surface area contributed by atoms with Crippen molar-refractivity contribution in [2.24, 2.45) is 12.5 Å². The van der Waals surface area contributed by atoms with Crippen LogP contribution < -0.4 is 0 Å². The predicted octanol–water partition coefficient (Wildman–Crippen LogP) is 3.24. The highest BCUT2D eigenvalue weighted by molar-refractivity contribution is 6.34. The van der Waals surface area contributed by atoms with Crippen molar-refractivity contribution in [1.29, 1.82) is 0 Å². The van der Waals surface area contributed by atoms with E-state index < -0.39 is 5.60 Å². The minimum absolute atomic E-state index is 0.0458. The van der Waals surface area contributed by atoms with Crippen molar-refractivity contribution < 1.29 is 9.53 Å². The van der Waals surface area contributed by atoms with Crippen molar-refractivity contribution in [2.75, 3.05) is 7.11 Å². The van der Waals surface area contributed by atoms with Crippen molar-refractivity contribution in [3.05, 3.63) is 16.9 Å². The summed E-state index contributed by atoms with van der Waals surface area (Å²) in [5.41, 5.74) is -0.0193. The number of aryl methyl sites for hydroxylation is 1. The van der Waals surface area contributed by atoms with Gasteiger partial charge in [0.05, 0.1) is 11.2 Å². The Kier molecular flexibility index (Phi) is 3.76. The molecule has 106 valence electrons. The first-order valence-electron chi connectivity index (χ1n) is 6.59. The molecule has 5 heteroatoms. The molecule has 1 fully saturated rings. The summed E-state index contributed by atoms with van der Waals surface area (Å²) in [6.45, 7) is 4.46. The van der Waals surface area contributed by atoms with Crippen LogP contribution in [-0.2, 0) is 11.8 Å². The number of halogens is 1. The normalized spacial score (nSPS) is 21.3. The molecule has 1 saturated carbocycles. The van der Waals surface area contributed by atoms with Gasteiger partial charge in [-0.3, -0.25) is 9.48 Å². The van der Waals surface area contributed by atoms with Crippen LogP contribution in [0.1, 0.15) is 50.0 Å². The van der Waals surface area contributed by atoms with Gasteiger partial charge in [-0.2, -0.15) is 5.10 Å². The van der Waals surface area contributed by atoms with Crippen LogP contribution in [0.15, 0.2) is 6.20 Å². The lowest BCUT2D eigenvalue weighted by atomic mass is 9.69. The smallest absolute Gasteiger partial charge is 0.214 e. The third-order valence-electron chi connectivity index (χ3n) is 4.32. The van der Waals surface area contributed by atoms with Crippen molar-refractivity contribution in [1.82, 2.24) is 9.78 Å². The number of hydrogen-bond donors (Lipinski definition) is 0. The number of rotatable bonds is 3. The van der Waals surface area contributed by atoms with Gasteiger partial charge in [0, 0.05) is 14.2 Å². The molecule has 2 rings (SSSR count). The zero-order valence-electron chi connectivity index (χ0n) is 12.0. The van der Waals surface area contributed by atoms with Crippen LogP contribution in [0.5, 0.6) is 0 Å². The third-order valence-corrected chi connectivity index (χ3v) is 4.60. The average molecular weight is 285 g/mol. The number of carbonyl (C=O) groups excluding carboxylic acids is 1. The van der Waals surface area contributed by atoms with E-state index in [0.717, 1.165) is 25.7 Å². The topological polar surface area (TPSA) is 44.1 Å². The number of nitrogens with zero attached hydrogens (tertiary/aromatic N) is 2. The summed E-state index contributed by atoms with van der Waals surface area (Å²) in [4.78, 5) is 12.8. The molecule has 0 aromatic carbocycles. The Morgan fingerprint density at radius 3 is 2.37 bits per heavy atom. The first kappa shape index (κ1) is 14.5. The average Bonchev–Trinajstić information content (AvgIpc) is 2.69. The van der Waals surface area contributed by atoms with Crippen LogP contribution >= 0.6 is 11.6 Å². The standard InChI is InChI=1S/C14H21ClN2O2/c1-13(2)5-7-14(19-4,8-6-13)12(18)11-10(15)9-16-17(11)3/h9H,5-8H2,1-4H3. The van der Waals surface area contributed by atoms with Crippen molar-refractivity contribution >= 4 is 17.4 Å². The fraction of sp³-hybridized carbons (Fsp3) is 0.714. The second-order valence-electron chi connectivity index (χ2n) is 6.16. The SMILES string of the molecule is COC1(C(=O)c2c(Cl)cnn2C)CCC(C)(C)CC1. The minimum atomic E-state index is -0.743. The number of carbonyl (C=O) groups is 1. The lowest BCUT2D eigenvalue weighted by Crippen LogP contribution is -2.46. The van der Waals surface area contributed by atoms with Crippen molar-refractivity contribution in [3.8, 4) is 0 Å². The second-order valence-corrected chi connectivity index (χ2v) is 6.56. The van der Waals surface area contributed by atoms with Crippen LogP contribution in [0, 0.1) is 5.41 Å². The number of ketones is 1. The number of hydrogen-bond acceptors (Lipinski definition) is 3. The summed E-state index contributed by atoms with van der Waals surface area (Å²) >= 11 is 6.07. The monoisotopic (exact) mass is 284 g/mol. The van der Waals surface area contributed by atoms with E-state index in [2.05, 4.69) is 18.9 Å². The summed E-state index contributed by atoms with van der Waals surface area (Å²) < 4.78 is 7.15. The first-order valence-corrected chi connectivity index (χ1v) is 6.97. The van der Waals surface area contributed by atoms with Crippen LogP contribution in [0.2, 0.25) is 5.02 Å². The Hall–Kier alpha value is -0.870. The molecule has 0 amide bonds. The summed E-state index contributed by atoms with van der Waals surface area (Å²) in [5, 5.41) is 4.43. The van der Waals surface area contributed by atoms with E-state index in [4.69, 9.17) is 16.3 Å². The molecule has 1 aromatic rings. The van der Waals surface area contributed by atoms with Crippen LogP contribution in [0.3, 0.4) is 0 Å². The summed E-state index contributed by atoms with van der Waals surface area (Å²) in [7, 11) is 3.34. The molecule has 0 aliphatic heterocycles. The highest BCUT2D eigenvalue weighted by atomic mass is 35.5. The molecule has 4 nitrogen and oxygen atoms in total. The molecule has 1 aliphatic carbocycles. The maximum atomic E-state index is 12.8. The molecule has 0 spiro atoms. The van der Waals surface area contributed by atoms with E-state index in [1.54, 1.807) is 14.2 Å². The van der Waals surface area contributed by atoms with Gasteiger partial charge in [0.15, 0.2) is 0 Å². The lowest BCUT2D eigenvalue weighted by molar-refractivity contribution is -0.0388.